The first kappa shape index (κ1) is 13.0. The number of aromatic nitrogens is 3. The minimum Gasteiger partial charge on any atom is -0.353 e. The van der Waals surface area contributed by atoms with Crippen molar-refractivity contribution in [2.75, 3.05) is 11.4 Å². The Morgan fingerprint density at radius 1 is 0.952 bits per heavy atom. The van der Waals surface area contributed by atoms with Gasteiger partial charge < -0.3 is 4.90 Å². The Morgan fingerprint density at radius 2 is 1.76 bits per heavy atom. The first-order valence-corrected chi connectivity index (χ1v) is 8.24. The molecule has 2 saturated carbocycles. The van der Waals surface area contributed by atoms with Crippen molar-refractivity contribution in [2.45, 2.75) is 51.0 Å². The van der Waals surface area contributed by atoms with E-state index in [4.69, 9.17) is 4.98 Å². The van der Waals surface area contributed by atoms with Crippen LogP contribution in [0.15, 0.2) is 24.5 Å². The van der Waals surface area contributed by atoms with Crippen LogP contribution in [-0.4, -0.2) is 27.5 Å². The molecule has 4 heteroatoms. The van der Waals surface area contributed by atoms with Crippen LogP contribution in [0.2, 0.25) is 0 Å². The van der Waals surface area contributed by atoms with Crippen LogP contribution in [-0.2, 0) is 0 Å². The Kier molecular flexibility index (Phi) is 3.45. The van der Waals surface area contributed by atoms with E-state index < -0.39 is 0 Å². The second kappa shape index (κ2) is 5.58. The lowest BCUT2D eigenvalue weighted by Crippen LogP contribution is -2.39. The van der Waals surface area contributed by atoms with Gasteiger partial charge in [-0.1, -0.05) is 19.3 Å². The molecular formula is C17H22N4. The van der Waals surface area contributed by atoms with Crippen molar-refractivity contribution in [1.82, 2.24) is 15.0 Å². The van der Waals surface area contributed by atoms with E-state index in [1.165, 1.54) is 51.5 Å². The summed E-state index contributed by atoms with van der Waals surface area (Å²) in [7, 11) is 0. The fourth-order valence-corrected chi connectivity index (χ4v) is 3.41. The third kappa shape index (κ3) is 2.85. The number of hydrogen-bond acceptors (Lipinski definition) is 4. The molecule has 0 spiro atoms. The fourth-order valence-electron chi connectivity index (χ4n) is 3.41. The lowest BCUT2D eigenvalue weighted by atomic mass is 9.94. The molecule has 110 valence electrons. The molecule has 0 saturated heterocycles. The maximum absolute atomic E-state index is 4.78. The van der Waals surface area contributed by atoms with Crippen LogP contribution in [0.25, 0.3) is 11.2 Å². The molecule has 2 aliphatic rings. The third-order valence-electron chi connectivity index (χ3n) is 4.78. The Labute approximate surface area is 125 Å². The van der Waals surface area contributed by atoms with E-state index in [-0.39, 0.29) is 0 Å². The van der Waals surface area contributed by atoms with Crippen LogP contribution >= 0.6 is 0 Å². The molecule has 2 fully saturated rings. The van der Waals surface area contributed by atoms with Gasteiger partial charge in [-0.3, -0.25) is 4.98 Å². The quantitative estimate of drug-likeness (QED) is 0.859. The molecule has 21 heavy (non-hydrogen) atoms. The fraction of sp³-hybridized carbons (Fsp3) is 0.588. The number of fused-ring (bicyclic) bond motifs is 1. The lowest BCUT2D eigenvalue weighted by molar-refractivity contribution is 0.408. The van der Waals surface area contributed by atoms with Gasteiger partial charge in [-0.05, 0) is 43.7 Å². The van der Waals surface area contributed by atoms with Crippen LogP contribution in [0.4, 0.5) is 5.82 Å². The zero-order valence-electron chi connectivity index (χ0n) is 12.4. The van der Waals surface area contributed by atoms with Gasteiger partial charge in [0.2, 0.25) is 0 Å². The molecule has 4 rings (SSSR count). The topological polar surface area (TPSA) is 41.9 Å². The van der Waals surface area contributed by atoms with Crippen LogP contribution in [0.1, 0.15) is 44.9 Å². The molecule has 2 aliphatic carbocycles. The molecule has 0 aliphatic heterocycles. The van der Waals surface area contributed by atoms with E-state index in [0.29, 0.717) is 6.04 Å². The molecule has 0 N–H and O–H groups in total. The second-order valence-electron chi connectivity index (χ2n) is 6.46. The summed E-state index contributed by atoms with van der Waals surface area (Å²) >= 11 is 0. The van der Waals surface area contributed by atoms with Crippen molar-refractivity contribution in [3.63, 3.8) is 0 Å². The first-order chi connectivity index (χ1) is 10.4. The first-order valence-electron chi connectivity index (χ1n) is 8.24. The van der Waals surface area contributed by atoms with Gasteiger partial charge >= 0.3 is 0 Å². The summed E-state index contributed by atoms with van der Waals surface area (Å²) in [5.74, 6) is 1.98. The summed E-state index contributed by atoms with van der Waals surface area (Å²) in [4.78, 5) is 16.0. The van der Waals surface area contributed by atoms with Gasteiger partial charge in [0.1, 0.15) is 11.3 Å². The number of pyridine rings is 1. The highest BCUT2D eigenvalue weighted by Gasteiger charge is 2.29. The third-order valence-corrected chi connectivity index (χ3v) is 4.78. The van der Waals surface area contributed by atoms with E-state index in [1.54, 1.807) is 12.4 Å². The van der Waals surface area contributed by atoms with Crippen molar-refractivity contribution in [2.24, 2.45) is 5.92 Å². The zero-order valence-corrected chi connectivity index (χ0v) is 12.4. The van der Waals surface area contributed by atoms with Crippen molar-refractivity contribution in [3.8, 4) is 0 Å². The van der Waals surface area contributed by atoms with Crippen LogP contribution in [0.5, 0.6) is 0 Å². The van der Waals surface area contributed by atoms with E-state index in [0.717, 1.165) is 22.9 Å². The maximum Gasteiger partial charge on any atom is 0.180 e. The monoisotopic (exact) mass is 282 g/mol. The maximum atomic E-state index is 4.78. The molecule has 0 unspecified atom stereocenters. The second-order valence-corrected chi connectivity index (χ2v) is 6.46. The highest BCUT2D eigenvalue weighted by Crippen LogP contribution is 2.34. The molecule has 0 bridgehead atoms. The van der Waals surface area contributed by atoms with Gasteiger partial charge in [0.15, 0.2) is 5.65 Å². The molecule has 2 aromatic rings. The van der Waals surface area contributed by atoms with E-state index >= 15 is 0 Å². The number of anilines is 1. The predicted octanol–water partition coefficient (Wildman–Crippen LogP) is 3.57. The summed E-state index contributed by atoms with van der Waals surface area (Å²) in [6, 6.07) is 4.86. The minimum atomic E-state index is 0.668. The summed E-state index contributed by atoms with van der Waals surface area (Å²) in [5.41, 5.74) is 1.66. The SMILES string of the molecule is c1cnc2nc(N(CC3CC3)C3CCCCC3)ccc2n1. The Morgan fingerprint density at radius 3 is 2.57 bits per heavy atom. The van der Waals surface area contributed by atoms with Crippen molar-refractivity contribution >= 4 is 17.0 Å². The molecule has 2 aromatic heterocycles. The van der Waals surface area contributed by atoms with Crippen molar-refractivity contribution in [3.05, 3.63) is 24.5 Å². The minimum absolute atomic E-state index is 0.668. The lowest BCUT2D eigenvalue weighted by Gasteiger charge is -2.35. The smallest absolute Gasteiger partial charge is 0.180 e. The van der Waals surface area contributed by atoms with Crippen LogP contribution < -0.4 is 4.90 Å². The van der Waals surface area contributed by atoms with Gasteiger partial charge in [0.25, 0.3) is 0 Å². The standard InChI is InChI=1S/C17H22N4/c1-2-4-14(5-3-1)21(12-13-6-7-13)16-9-8-15-17(20-16)19-11-10-18-15/h8-11,13-14H,1-7,12H2. The van der Waals surface area contributed by atoms with Crippen LogP contribution in [0.3, 0.4) is 0 Å². The Hall–Kier alpha value is -1.71. The van der Waals surface area contributed by atoms with Crippen molar-refractivity contribution in [1.29, 1.82) is 0 Å². The molecule has 4 nitrogen and oxygen atoms in total. The molecule has 0 amide bonds. The average Bonchev–Trinajstić information content (AvgIpc) is 3.37. The number of nitrogens with zero attached hydrogens (tertiary/aromatic N) is 4. The molecule has 0 aromatic carbocycles. The highest BCUT2D eigenvalue weighted by atomic mass is 15.2. The van der Waals surface area contributed by atoms with Gasteiger partial charge in [-0.25, -0.2) is 9.97 Å². The van der Waals surface area contributed by atoms with E-state index in [9.17, 15) is 0 Å². The number of rotatable bonds is 4. The van der Waals surface area contributed by atoms with Crippen molar-refractivity contribution < 1.29 is 0 Å². The summed E-state index contributed by atoms with van der Waals surface area (Å²) in [6.45, 7) is 1.17. The zero-order chi connectivity index (χ0) is 14.1. The predicted molar refractivity (Wildman–Crippen MR) is 84.3 cm³/mol. The highest BCUT2D eigenvalue weighted by molar-refractivity contribution is 5.71. The normalized spacial score (nSPS) is 19.8. The molecule has 0 radical (unpaired) electrons. The summed E-state index contributed by atoms with van der Waals surface area (Å²) < 4.78 is 0. The van der Waals surface area contributed by atoms with Gasteiger partial charge in [0.05, 0.1) is 0 Å². The van der Waals surface area contributed by atoms with Gasteiger partial charge in [-0.15, -0.1) is 0 Å². The Balaban J connectivity index is 1.65. The molecule has 2 heterocycles. The Bertz CT molecular complexity index is 617. The number of hydrogen-bond donors (Lipinski definition) is 0. The molecular weight excluding hydrogens is 260 g/mol. The molecule has 0 atom stereocenters. The van der Waals surface area contributed by atoms with E-state index in [1.807, 2.05) is 0 Å². The van der Waals surface area contributed by atoms with E-state index in [2.05, 4.69) is 27.0 Å². The van der Waals surface area contributed by atoms with Crippen LogP contribution in [0, 0.1) is 5.92 Å². The summed E-state index contributed by atoms with van der Waals surface area (Å²) in [5, 5.41) is 0. The van der Waals surface area contributed by atoms with Gasteiger partial charge in [0, 0.05) is 25.0 Å². The average molecular weight is 282 g/mol. The van der Waals surface area contributed by atoms with Gasteiger partial charge in [-0.2, -0.15) is 0 Å². The summed E-state index contributed by atoms with van der Waals surface area (Å²) in [6.07, 6.45) is 13.0. The largest absolute Gasteiger partial charge is 0.353 e.